The fraction of sp³-hybridized carbons (Fsp3) is 0.167. The highest BCUT2D eigenvalue weighted by Crippen LogP contribution is 2.18. The summed E-state index contributed by atoms with van der Waals surface area (Å²) in [4.78, 5) is 23.6. The van der Waals surface area contributed by atoms with Gasteiger partial charge in [0, 0.05) is 22.1 Å². The van der Waals surface area contributed by atoms with Crippen molar-refractivity contribution < 1.29 is 14.7 Å². The van der Waals surface area contributed by atoms with Crippen LogP contribution in [0.2, 0.25) is 0 Å². The van der Waals surface area contributed by atoms with Gasteiger partial charge in [-0.15, -0.1) is 0 Å². The number of phenols is 1. The molecule has 0 fully saturated rings. The van der Waals surface area contributed by atoms with E-state index >= 15 is 0 Å². The second kappa shape index (κ2) is 9.16. The van der Waals surface area contributed by atoms with Crippen LogP contribution in [0, 0.1) is 10.5 Å². The number of phenolic OH excluding ortho intramolecular Hbond substituents is 1. The number of rotatable bonds is 6. The van der Waals surface area contributed by atoms with Crippen molar-refractivity contribution in [1.82, 2.24) is 5.43 Å². The first-order valence-electron chi connectivity index (χ1n) is 7.61. The van der Waals surface area contributed by atoms with Gasteiger partial charge in [0.15, 0.2) is 0 Å². The third kappa shape index (κ3) is 6.54. The molecule has 2 aromatic carbocycles. The summed E-state index contributed by atoms with van der Waals surface area (Å²) in [5, 5.41) is 15.8. The minimum atomic E-state index is -0.343. The molecule has 0 saturated carbocycles. The number of nitrogens with zero attached hydrogens (tertiary/aromatic N) is 1. The highest BCUT2D eigenvalue weighted by molar-refractivity contribution is 14.1. The Hall–Kier alpha value is -2.42. The summed E-state index contributed by atoms with van der Waals surface area (Å²) < 4.78 is 1.10. The molecule has 0 spiro atoms. The zero-order chi connectivity index (χ0) is 18.2. The molecule has 2 amide bonds. The van der Waals surface area contributed by atoms with Gasteiger partial charge < -0.3 is 10.4 Å². The lowest BCUT2D eigenvalue weighted by Gasteiger charge is -2.08. The Labute approximate surface area is 159 Å². The van der Waals surface area contributed by atoms with Crippen molar-refractivity contribution in [3.63, 3.8) is 0 Å². The van der Waals surface area contributed by atoms with Crippen LogP contribution in [0.15, 0.2) is 47.6 Å². The van der Waals surface area contributed by atoms with Crippen molar-refractivity contribution in [2.75, 3.05) is 5.32 Å². The predicted octanol–water partition coefficient (Wildman–Crippen LogP) is 3.17. The van der Waals surface area contributed by atoms with E-state index in [0.717, 1.165) is 20.4 Å². The molecule has 0 bridgehead atoms. The molecular weight excluding hydrogens is 433 g/mol. The van der Waals surface area contributed by atoms with Gasteiger partial charge in [0.25, 0.3) is 0 Å². The number of nitrogens with one attached hydrogen (secondary N) is 2. The average Bonchev–Trinajstić information content (AvgIpc) is 2.57. The van der Waals surface area contributed by atoms with Gasteiger partial charge in [0.05, 0.1) is 6.21 Å². The van der Waals surface area contributed by atoms with Crippen LogP contribution in [0.5, 0.6) is 5.75 Å². The molecule has 6 nitrogen and oxygen atoms in total. The zero-order valence-corrected chi connectivity index (χ0v) is 15.8. The number of carbonyl (C=O) groups is 2. The summed E-state index contributed by atoms with van der Waals surface area (Å²) >= 11 is 2.21. The summed E-state index contributed by atoms with van der Waals surface area (Å²) in [5.41, 5.74) is 4.83. The second-order valence-electron chi connectivity index (χ2n) is 5.39. The fourth-order valence-electron chi connectivity index (χ4n) is 2.00. The van der Waals surface area contributed by atoms with Gasteiger partial charge in [-0.2, -0.15) is 5.10 Å². The Kier molecular flexibility index (Phi) is 6.93. The van der Waals surface area contributed by atoms with Gasteiger partial charge in [0.1, 0.15) is 5.75 Å². The number of amides is 2. The minimum absolute atomic E-state index is 0.0438. The van der Waals surface area contributed by atoms with E-state index < -0.39 is 0 Å². The number of halogens is 1. The summed E-state index contributed by atoms with van der Waals surface area (Å²) in [6.45, 7) is 1.92. The standard InChI is InChI=1S/C18H18IN3O3/c1-12-10-14(19)4-7-16(12)21-17(24)8-9-18(25)22-20-11-13-2-5-15(23)6-3-13/h2-7,10-11,23H,8-9H2,1H3,(H,21,24)(H,22,25)/b20-11-. The molecule has 2 aromatic rings. The van der Waals surface area contributed by atoms with Gasteiger partial charge in [-0.1, -0.05) is 0 Å². The monoisotopic (exact) mass is 451 g/mol. The molecule has 0 aromatic heterocycles. The molecule has 0 heterocycles. The highest BCUT2D eigenvalue weighted by Gasteiger charge is 2.08. The van der Waals surface area contributed by atoms with Crippen molar-refractivity contribution in [3.05, 3.63) is 57.2 Å². The van der Waals surface area contributed by atoms with Gasteiger partial charge in [-0.05, 0) is 83.1 Å². The Morgan fingerprint density at radius 3 is 2.48 bits per heavy atom. The van der Waals surface area contributed by atoms with Crippen LogP contribution in [0.3, 0.4) is 0 Å². The zero-order valence-electron chi connectivity index (χ0n) is 13.6. The third-order valence-corrected chi connectivity index (χ3v) is 4.01. The van der Waals surface area contributed by atoms with Crippen LogP contribution in [0.1, 0.15) is 24.0 Å². The van der Waals surface area contributed by atoms with Crippen molar-refractivity contribution >= 4 is 46.3 Å². The summed E-state index contributed by atoms with van der Waals surface area (Å²) in [6, 6.07) is 12.1. The van der Waals surface area contributed by atoms with Gasteiger partial charge in [0.2, 0.25) is 11.8 Å². The number of anilines is 1. The first kappa shape index (κ1) is 18.9. The number of benzene rings is 2. The van der Waals surface area contributed by atoms with Crippen LogP contribution in [0.25, 0.3) is 0 Å². The first-order chi connectivity index (χ1) is 11.9. The molecule has 0 radical (unpaired) electrons. The lowest BCUT2D eigenvalue weighted by molar-refractivity contribution is -0.124. The molecule has 0 unspecified atom stereocenters. The van der Waals surface area contributed by atoms with Crippen LogP contribution in [-0.4, -0.2) is 23.1 Å². The molecule has 0 atom stereocenters. The maximum Gasteiger partial charge on any atom is 0.240 e. The van der Waals surface area contributed by atoms with E-state index in [9.17, 15) is 14.7 Å². The third-order valence-electron chi connectivity index (χ3n) is 3.34. The quantitative estimate of drug-likeness (QED) is 0.358. The molecule has 25 heavy (non-hydrogen) atoms. The number of carbonyl (C=O) groups excluding carboxylic acids is 2. The SMILES string of the molecule is Cc1cc(I)ccc1NC(=O)CCC(=O)N/N=C\c1ccc(O)cc1. The topological polar surface area (TPSA) is 90.8 Å². The van der Waals surface area contributed by atoms with Gasteiger partial charge in [-0.25, -0.2) is 5.43 Å². The minimum Gasteiger partial charge on any atom is -0.508 e. The lowest BCUT2D eigenvalue weighted by Crippen LogP contribution is -2.20. The fourth-order valence-corrected chi connectivity index (χ4v) is 2.65. The number of aromatic hydroxyl groups is 1. The molecule has 130 valence electrons. The average molecular weight is 451 g/mol. The maximum atomic E-state index is 11.9. The van der Waals surface area contributed by atoms with E-state index in [1.165, 1.54) is 18.3 Å². The van der Waals surface area contributed by atoms with Crippen molar-refractivity contribution in [2.24, 2.45) is 5.10 Å². The number of aryl methyl sites for hydroxylation is 1. The molecule has 7 heteroatoms. The van der Waals surface area contributed by atoms with E-state index in [-0.39, 0.29) is 30.4 Å². The smallest absolute Gasteiger partial charge is 0.240 e. The molecule has 0 saturated heterocycles. The predicted molar refractivity (Wildman–Crippen MR) is 106 cm³/mol. The Morgan fingerprint density at radius 1 is 1.12 bits per heavy atom. The number of hydrogen-bond acceptors (Lipinski definition) is 4. The Morgan fingerprint density at radius 2 is 1.80 bits per heavy atom. The molecule has 2 rings (SSSR count). The highest BCUT2D eigenvalue weighted by atomic mass is 127. The van der Waals surface area contributed by atoms with Crippen LogP contribution >= 0.6 is 22.6 Å². The summed E-state index contributed by atoms with van der Waals surface area (Å²) in [5.74, 6) is -0.401. The second-order valence-corrected chi connectivity index (χ2v) is 6.64. The van der Waals surface area contributed by atoms with Crippen molar-refractivity contribution in [1.29, 1.82) is 0 Å². The molecule has 0 aliphatic carbocycles. The largest absolute Gasteiger partial charge is 0.508 e. The van der Waals surface area contributed by atoms with E-state index in [2.05, 4.69) is 38.4 Å². The summed E-state index contributed by atoms with van der Waals surface area (Å²) in [7, 11) is 0. The van der Waals surface area contributed by atoms with Crippen LogP contribution < -0.4 is 10.7 Å². The van der Waals surface area contributed by atoms with Crippen molar-refractivity contribution in [2.45, 2.75) is 19.8 Å². The molecule has 0 aliphatic rings. The molecular formula is C18H18IN3O3. The normalized spacial score (nSPS) is 10.6. The van der Waals surface area contributed by atoms with Gasteiger partial charge in [-0.3, -0.25) is 9.59 Å². The maximum absolute atomic E-state index is 11.9. The Balaban J connectivity index is 1.75. The lowest BCUT2D eigenvalue weighted by atomic mass is 10.2. The van der Waals surface area contributed by atoms with Crippen LogP contribution in [-0.2, 0) is 9.59 Å². The van der Waals surface area contributed by atoms with E-state index in [4.69, 9.17) is 0 Å². The van der Waals surface area contributed by atoms with Crippen LogP contribution in [0.4, 0.5) is 5.69 Å². The van der Waals surface area contributed by atoms with Gasteiger partial charge >= 0.3 is 0 Å². The Bertz CT molecular complexity index is 789. The number of hydrogen-bond donors (Lipinski definition) is 3. The van der Waals surface area contributed by atoms with Crippen molar-refractivity contribution in [3.8, 4) is 5.75 Å². The number of hydrazone groups is 1. The molecule has 3 N–H and O–H groups in total. The van der Waals surface area contributed by atoms with E-state index in [1.54, 1.807) is 12.1 Å². The van der Waals surface area contributed by atoms with E-state index in [0.29, 0.717) is 0 Å². The molecule has 0 aliphatic heterocycles. The summed E-state index contributed by atoms with van der Waals surface area (Å²) in [6.07, 6.45) is 1.58. The first-order valence-corrected chi connectivity index (χ1v) is 8.69. The van der Waals surface area contributed by atoms with E-state index in [1.807, 2.05) is 25.1 Å².